The van der Waals surface area contributed by atoms with Gasteiger partial charge in [-0.3, -0.25) is 4.68 Å². The minimum Gasteiger partial charge on any atom is -0.313 e. The van der Waals surface area contributed by atoms with Gasteiger partial charge < -0.3 is 5.32 Å². The van der Waals surface area contributed by atoms with Gasteiger partial charge >= 0.3 is 0 Å². The van der Waals surface area contributed by atoms with Gasteiger partial charge in [0.05, 0.1) is 6.20 Å². The Morgan fingerprint density at radius 3 is 2.72 bits per heavy atom. The van der Waals surface area contributed by atoms with Crippen molar-refractivity contribution in [1.82, 2.24) is 15.1 Å². The first-order valence-electron chi connectivity index (χ1n) is 6.11. The zero-order valence-corrected chi connectivity index (χ0v) is 11.8. The van der Waals surface area contributed by atoms with E-state index in [-0.39, 0.29) is 0 Å². The third-order valence-electron chi connectivity index (χ3n) is 3.16. The van der Waals surface area contributed by atoms with Crippen LogP contribution in [0.2, 0.25) is 5.02 Å². The highest BCUT2D eigenvalue weighted by Crippen LogP contribution is 2.29. The van der Waals surface area contributed by atoms with E-state index in [0.717, 1.165) is 34.9 Å². The molecule has 0 saturated carbocycles. The van der Waals surface area contributed by atoms with Crippen molar-refractivity contribution in [2.75, 3.05) is 6.54 Å². The fourth-order valence-electron chi connectivity index (χ4n) is 1.98. The second-order valence-electron chi connectivity index (χ2n) is 4.35. The van der Waals surface area contributed by atoms with E-state index in [4.69, 9.17) is 11.6 Å². The molecule has 4 heteroatoms. The molecule has 3 nitrogen and oxygen atoms in total. The minimum atomic E-state index is 0.758. The molecule has 2 aromatic rings. The number of nitrogens with one attached hydrogen (secondary N) is 1. The van der Waals surface area contributed by atoms with Crippen LogP contribution >= 0.6 is 11.6 Å². The van der Waals surface area contributed by atoms with Gasteiger partial charge in [0.15, 0.2) is 0 Å². The summed E-state index contributed by atoms with van der Waals surface area (Å²) in [6.45, 7) is 5.97. The molecule has 0 aliphatic heterocycles. The van der Waals surface area contributed by atoms with Crippen molar-refractivity contribution >= 4 is 11.6 Å². The fraction of sp³-hybridized carbons (Fsp3) is 0.357. The molecule has 1 aromatic carbocycles. The number of rotatable bonds is 4. The SMILES string of the molecule is CCNCc1ccc(Cl)cc1-c1cnn(C)c1C. The van der Waals surface area contributed by atoms with Gasteiger partial charge in [-0.15, -0.1) is 0 Å². The summed E-state index contributed by atoms with van der Waals surface area (Å²) in [5.74, 6) is 0. The lowest BCUT2D eigenvalue weighted by molar-refractivity contribution is 0.727. The second-order valence-corrected chi connectivity index (χ2v) is 4.79. The fourth-order valence-corrected chi connectivity index (χ4v) is 2.15. The highest BCUT2D eigenvalue weighted by atomic mass is 35.5. The summed E-state index contributed by atoms with van der Waals surface area (Å²) in [6, 6.07) is 6.02. The summed E-state index contributed by atoms with van der Waals surface area (Å²) in [6.07, 6.45) is 1.90. The van der Waals surface area contributed by atoms with Gasteiger partial charge in [-0.2, -0.15) is 5.10 Å². The van der Waals surface area contributed by atoms with Crippen LogP contribution in [0.3, 0.4) is 0 Å². The summed E-state index contributed by atoms with van der Waals surface area (Å²) in [5, 5.41) is 8.40. The van der Waals surface area contributed by atoms with Crippen LogP contribution in [0.1, 0.15) is 18.2 Å². The van der Waals surface area contributed by atoms with E-state index in [2.05, 4.69) is 30.3 Å². The number of aromatic nitrogens is 2. The van der Waals surface area contributed by atoms with Gasteiger partial charge in [-0.1, -0.05) is 24.6 Å². The highest BCUT2D eigenvalue weighted by molar-refractivity contribution is 6.30. The van der Waals surface area contributed by atoms with E-state index >= 15 is 0 Å². The van der Waals surface area contributed by atoms with E-state index in [1.165, 1.54) is 5.56 Å². The van der Waals surface area contributed by atoms with E-state index in [9.17, 15) is 0 Å². The van der Waals surface area contributed by atoms with Crippen molar-refractivity contribution in [1.29, 1.82) is 0 Å². The van der Waals surface area contributed by atoms with Gasteiger partial charge in [0, 0.05) is 29.9 Å². The summed E-state index contributed by atoms with van der Waals surface area (Å²) in [5.41, 5.74) is 4.70. The lowest BCUT2D eigenvalue weighted by atomic mass is 10.0. The van der Waals surface area contributed by atoms with E-state index in [1.807, 2.05) is 30.1 Å². The predicted molar refractivity (Wildman–Crippen MR) is 75.8 cm³/mol. The molecule has 0 amide bonds. The molecule has 0 bridgehead atoms. The normalized spacial score (nSPS) is 10.9. The number of nitrogens with zero attached hydrogens (tertiary/aromatic N) is 2. The Hall–Kier alpha value is -1.32. The number of aryl methyl sites for hydroxylation is 1. The summed E-state index contributed by atoms with van der Waals surface area (Å²) < 4.78 is 1.88. The van der Waals surface area contributed by atoms with E-state index < -0.39 is 0 Å². The van der Waals surface area contributed by atoms with Crippen LogP contribution in [0.25, 0.3) is 11.1 Å². The summed E-state index contributed by atoms with van der Waals surface area (Å²) in [4.78, 5) is 0. The minimum absolute atomic E-state index is 0.758. The molecule has 0 atom stereocenters. The molecule has 96 valence electrons. The molecule has 0 saturated heterocycles. The van der Waals surface area contributed by atoms with Crippen LogP contribution in [0.5, 0.6) is 0 Å². The molecule has 0 fully saturated rings. The molecule has 1 aromatic heterocycles. The highest BCUT2D eigenvalue weighted by Gasteiger charge is 2.11. The van der Waals surface area contributed by atoms with Gasteiger partial charge in [0.1, 0.15) is 0 Å². The zero-order chi connectivity index (χ0) is 13.1. The van der Waals surface area contributed by atoms with Crippen LogP contribution in [-0.2, 0) is 13.6 Å². The van der Waals surface area contributed by atoms with E-state index in [1.54, 1.807) is 0 Å². The van der Waals surface area contributed by atoms with Crippen LogP contribution in [0.4, 0.5) is 0 Å². The maximum Gasteiger partial charge on any atom is 0.0571 e. The van der Waals surface area contributed by atoms with Crippen molar-refractivity contribution < 1.29 is 0 Å². The lowest BCUT2D eigenvalue weighted by Gasteiger charge is -2.10. The van der Waals surface area contributed by atoms with Gasteiger partial charge in [-0.05, 0) is 36.7 Å². The molecule has 1 N–H and O–H groups in total. The molecule has 2 rings (SSSR count). The van der Waals surface area contributed by atoms with Gasteiger partial charge in [-0.25, -0.2) is 0 Å². The van der Waals surface area contributed by atoms with Crippen molar-refractivity contribution in [2.45, 2.75) is 20.4 Å². The van der Waals surface area contributed by atoms with Crippen LogP contribution < -0.4 is 5.32 Å². The average molecular weight is 264 g/mol. The smallest absolute Gasteiger partial charge is 0.0571 e. The third-order valence-corrected chi connectivity index (χ3v) is 3.40. The van der Waals surface area contributed by atoms with Crippen LogP contribution in [-0.4, -0.2) is 16.3 Å². The molecule has 1 heterocycles. The second kappa shape index (κ2) is 5.55. The molecule has 18 heavy (non-hydrogen) atoms. The maximum atomic E-state index is 6.11. The molecular weight excluding hydrogens is 246 g/mol. The standard InChI is InChI=1S/C14H18ClN3/c1-4-16-8-11-5-6-12(15)7-13(11)14-9-17-18(3)10(14)2/h5-7,9,16H,4,8H2,1-3H3. The summed E-state index contributed by atoms with van der Waals surface area (Å²) >= 11 is 6.11. The van der Waals surface area contributed by atoms with Crippen molar-refractivity contribution in [2.24, 2.45) is 7.05 Å². The molecular formula is C14H18ClN3. The van der Waals surface area contributed by atoms with Crippen molar-refractivity contribution in [3.63, 3.8) is 0 Å². The Bertz CT molecular complexity index is 546. The Kier molecular flexibility index (Phi) is 4.04. The molecule has 0 unspecified atom stereocenters. The Morgan fingerprint density at radius 2 is 2.11 bits per heavy atom. The third kappa shape index (κ3) is 2.57. The summed E-state index contributed by atoms with van der Waals surface area (Å²) in [7, 11) is 1.95. The average Bonchev–Trinajstić information content (AvgIpc) is 2.68. The van der Waals surface area contributed by atoms with Crippen LogP contribution in [0, 0.1) is 6.92 Å². The monoisotopic (exact) mass is 263 g/mol. The largest absolute Gasteiger partial charge is 0.313 e. The van der Waals surface area contributed by atoms with E-state index in [0.29, 0.717) is 0 Å². The first kappa shape index (κ1) is 13.1. The molecule has 0 radical (unpaired) electrons. The molecule has 0 aliphatic carbocycles. The zero-order valence-electron chi connectivity index (χ0n) is 11.0. The first-order chi connectivity index (χ1) is 8.63. The van der Waals surface area contributed by atoms with Gasteiger partial charge in [0.2, 0.25) is 0 Å². The number of halogens is 1. The Labute approximate surface area is 113 Å². The Balaban J connectivity index is 2.47. The first-order valence-corrected chi connectivity index (χ1v) is 6.49. The Morgan fingerprint density at radius 1 is 1.33 bits per heavy atom. The number of hydrogen-bond donors (Lipinski definition) is 1. The number of hydrogen-bond acceptors (Lipinski definition) is 2. The lowest BCUT2D eigenvalue weighted by Crippen LogP contribution is -2.12. The predicted octanol–water partition coefficient (Wildman–Crippen LogP) is 3.16. The topological polar surface area (TPSA) is 29.9 Å². The van der Waals surface area contributed by atoms with Crippen molar-refractivity contribution in [3.8, 4) is 11.1 Å². The van der Waals surface area contributed by atoms with Gasteiger partial charge in [0.25, 0.3) is 0 Å². The quantitative estimate of drug-likeness (QED) is 0.918. The number of benzene rings is 1. The molecule has 0 spiro atoms. The van der Waals surface area contributed by atoms with Crippen LogP contribution in [0.15, 0.2) is 24.4 Å². The maximum absolute atomic E-state index is 6.11. The van der Waals surface area contributed by atoms with Crippen molar-refractivity contribution in [3.05, 3.63) is 40.7 Å². The molecule has 0 aliphatic rings.